The first-order chi connectivity index (χ1) is 13.7. The molecule has 0 aliphatic carbocycles. The number of amides is 1. The number of carbonyl (C=O) groups excluding carboxylic acids is 1. The van der Waals surface area contributed by atoms with Gasteiger partial charge < -0.3 is 4.90 Å². The van der Waals surface area contributed by atoms with E-state index in [1.54, 1.807) is 12.1 Å². The second-order valence-corrected chi connectivity index (χ2v) is 9.34. The lowest BCUT2D eigenvalue weighted by atomic mass is 9.77. The van der Waals surface area contributed by atoms with E-state index in [4.69, 9.17) is 4.18 Å². The Morgan fingerprint density at radius 2 is 1.79 bits per heavy atom. The van der Waals surface area contributed by atoms with Crippen LogP contribution < -0.4 is 0 Å². The fraction of sp³-hybridized carbons (Fsp3) is 0.409. The molecule has 7 heteroatoms. The van der Waals surface area contributed by atoms with E-state index in [9.17, 15) is 17.6 Å². The molecule has 1 heterocycles. The van der Waals surface area contributed by atoms with Crippen LogP contribution in [0.2, 0.25) is 0 Å². The number of likely N-dealkylation sites (tertiary alicyclic amines) is 1. The highest BCUT2D eigenvalue weighted by molar-refractivity contribution is 7.85. The van der Waals surface area contributed by atoms with E-state index in [1.165, 1.54) is 12.1 Å². The number of hydrogen-bond donors (Lipinski definition) is 0. The largest absolute Gasteiger partial charge is 0.335 e. The van der Waals surface area contributed by atoms with Crippen LogP contribution in [0.25, 0.3) is 0 Å². The van der Waals surface area contributed by atoms with Crippen LogP contribution in [0.5, 0.6) is 0 Å². The number of hydrogen-bond acceptors (Lipinski definition) is 4. The van der Waals surface area contributed by atoms with Crippen molar-refractivity contribution >= 4 is 16.0 Å². The molecule has 1 aliphatic heterocycles. The molecule has 0 saturated carbocycles. The third-order valence-electron chi connectivity index (χ3n) is 5.63. The van der Waals surface area contributed by atoms with Crippen LogP contribution >= 0.6 is 0 Å². The zero-order valence-electron chi connectivity index (χ0n) is 16.7. The van der Waals surface area contributed by atoms with Crippen LogP contribution in [0.4, 0.5) is 4.39 Å². The molecule has 2 aromatic carbocycles. The summed E-state index contributed by atoms with van der Waals surface area (Å²) in [6, 6.07) is 15.8. The van der Waals surface area contributed by atoms with Gasteiger partial charge in [-0.15, -0.1) is 0 Å². The van der Waals surface area contributed by atoms with Gasteiger partial charge in [0.1, 0.15) is 5.82 Å². The summed E-state index contributed by atoms with van der Waals surface area (Å²) in [6.07, 6.45) is 2.29. The van der Waals surface area contributed by atoms with Crippen molar-refractivity contribution in [3.8, 4) is 0 Å². The van der Waals surface area contributed by atoms with Gasteiger partial charge in [0, 0.05) is 6.54 Å². The van der Waals surface area contributed by atoms with E-state index >= 15 is 0 Å². The minimum atomic E-state index is -3.59. The van der Waals surface area contributed by atoms with Gasteiger partial charge in [-0.25, -0.2) is 4.39 Å². The average molecular weight is 420 g/mol. The summed E-state index contributed by atoms with van der Waals surface area (Å²) in [6.45, 7) is 2.52. The normalized spacial score (nSPS) is 20.8. The molecule has 0 N–H and O–H groups in total. The fourth-order valence-corrected chi connectivity index (χ4v) is 4.38. The van der Waals surface area contributed by atoms with Crippen molar-refractivity contribution in [2.75, 3.05) is 19.4 Å². The van der Waals surface area contributed by atoms with E-state index in [-0.39, 0.29) is 30.8 Å². The Hall–Kier alpha value is -2.25. The van der Waals surface area contributed by atoms with Crippen molar-refractivity contribution in [2.24, 2.45) is 5.41 Å². The molecular formula is C22H26FNO4S. The van der Waals surface area contributed by atoms with Crippen molar-refractivity contribution in [3.05, 3.63) is 71.5 Å². The predicted molar refractivity (Wildman–Crippen MR) is 109 cm³/mol. The third kappa shape index (κ3) is 5.22. The van der Waals surface area contributed by atoms with E-state index < -0.39 is 15.5 Å². The summed E-state index contributed by atoms with van der Waals surface area (Å²) in [5.41, 5.74) is 1.12. The molecule has 1 saturated heterocycles. The SMILES string of the molecule is C[C@@H](c1ccccc1)N1CCC(CCOS(C)(=O)=O)(Cc2ccc(F)cc2)C1=O. The summed E-state index contributed by atoms with van der Waals surface area (Å²) in [4.78, 5) is 15.4. The van der Waals surface area contributed by atoms with Crippen LogP contribution in [-0.4, -0.2) is 38.6 Å². The summed E-state index contributed by atoms with van der Waals surface area (Å²) < 4.78 is 41.0. The van der Waals surface area contributed by atoms with Crippen LogP contribution in [0, 0.1) is 11.2 Å². The van der Waals surface area contributed by atoms with Gasteiger partial charge in [0.25, 0.3) is 10.1 Å². The minimum Gasteiger partial charge on any atom is -0.335 e. The first kappa shape index (κ1) is 21.5. The quantitative estimate of drug-likeness (QED) is 0.612. The summed E-state index contributed by atoms with van der Waals surface area (Å²) in [5, 5.41) is 0. The fourth-order valence-electron chi connectivity index (χ4n) is 3.99. The summed E-state index contributed by atoms with van der Waals surface area (Å²) in [7, 11) is -3.59. The van der Waals surface area contributed by atoms with E-state index in [0.29, 0.717) is 19.4 Å². The topological polar surface area (TPSA) is 63.7 Å². The summed E-state index contributed by atoms with van der Waals surface area (Å²) >= 11 is 0. The average Bonchev–Trinajstić information content (AvgIpc) is 2.99. The smallest absolute Gasteiger partial charge is 0.264 e. The van der Waals surface area contributed by atoms with E-state index in [0.717, 1.165) is 17.4 Å². The molecule has 2 aromatic rings. The summed E-state index contributed by atoms with van der Waals surface area (Å²) in [5.74, 6) is -0.351. The number of rotatable bonds is 8. The number of carbonyl (C=O) groups is 1. The predicted octanol–water partition coefficient (Wildman–Crippen LogP) is 3.71. The van der Waals surface area contributed by atoms with Crippen molar-refractivity contribution in [2.45, 2.75) is 32.2 Å². The van der Waals surface area contributed by atoms with Gasteiger partial charge in [-0.2, -0.15) is 8.42 Å². The van der Waals surface area contributed by atoms with Gasteiger partial charge in [-0.1, -0.05) is 42.5 Å². The molecule has 5 nitrogen and oxygen atoms in total. The van der Waals surface area contributed by atoms with Gasteiger partial charge in [0.15, 0.2) is 0 Å². The molecule has 0 bridgehead atoms. The molecule has 29 heavy (non-hydrogen) atoms. The minimum absolute atomic E-state index is 0.0183. The highest BCUT2D eigenvalue weighted by atomic mass is 32.2. The molecule has 1 fully saturated rings. The second-order valence-electron chi connectivity index (χ2n) is 7.69. The van der Waals surface area contributed by atoms with Crippen LogP contribution in [0.3, 0.4) is 0 Å². The Morgan fingerprint density at radius 3 is 2.41 bits per heavy atom. The second kappa shape index (κ2) is 8.63. The first-order valence-electron chi connectivity index (χ1n) is 9.65. The maximum absolute atomic E-state index is 13.5. The Bertz CT molecular complexity index is 947. The van der Waals surface area contributed by atoms with Crippen molar-refractivity contribution in [1.82, 2.24) is 4.90 Å². The lowest BCUT2D eigenvalue weighted by Crippen LogP contribution is -2.38. The highest BCUT2D eigenvalue weighted by Crippen LogP contribution is 2.42. The monoisotopic (exact) mass is 419 g/mol. The highest BCUT2D eigenvalue weighted by Gasteiger charge is 2.47. The molecule has 1 amide bonds. The Kier molecular flexibility index (Phi) is 6.39. The molecule has 0 aromatic heterocycles. The van der Waals surface area contributed by atoms with E-state index in [2.05, 4.69) is 0 Å². The lowest BCUT2D eigenvalue weighted by molar-refractivity contribution is -0.138. The first-order valence-corrected chi connectivity index (χ1v) is 11.5. The molecule has 3 rings (SSSR count). The maximum Gasteiger partial charge on any atom is 0.264 e. The zero-order chi connectivity index (χ0) is 21.1. The molecule has 2 atom stereocenters. The Balaban J connectivity index is 1.84. The standard InChI is InChI=1S/C22H26FNO4S/c1-17(19-6-4-3-5-7-19)24-14-12-22(21(24)25,13-15-28-29(2,26)27)16-18-8-10-20(23)11-9-18/h3-11,17H,12-16H2,1-2H3/t17-,22?/m0/s1. The molecular weight excluding hydrogens is 393 g/mol. The third-order valence-corrected chi connectivity index (χ3v) is 6.22. The number of nitrogens with zero attached hydrogens (tertiary/aromatic N) is 1. The Labute approximate surface area is 171 Å². The van der Waals surface area contributed by atoms with Gasteiger partial charge >= 0.3 is 0 Å². The molecule has 0 spiro atoms. The molecule has 156 valence electrons. The molecule has 0 radical (unpaired) electrons. The van der Waals surface area contributed by atoms with Gasteiger partial charge in [0.2, 0.25) is 5.91 Å². The van der Waals surface area contributed by atoms with Gasteiger partial charge in [-0.3, -0.25) is 8.98 Å². The van der Waals surface area contributed by atoms with Crippen LogP contribution in [0.1, 0.15) is 36.9 Å². The zero-order valence-corrected chi connectivity index (χ0v) is 17.5. The molecule has 1 aliphatic rings. The van der Waals surface area contributed by atoms with Crippen molar-refractivity contribution in [3.63, 3.8) is 0 Å². The van der Waals surface area contributed by atoms with Crippen LogP contribution in [-0.2, 0) is 25.5 Å². The number of halogens is 1. The van der Waals surface area contributed by atoms with Crippen LogP contribution in [0.15, 0.2) is 54.6 Å². The Morgan fingerprint density at radius 1 is 1.14 bits per heavy atom. The maximum atomic E-state index is 13.5. The number of benzene rings is 2. The van der Waals surface area contributed by atoms with Crippen molar-refractivity contribution < 1.29 is 21.8 Å². The van der Waals surface area contributed by atoms with Crippen molar-refractivity contribution in [1.29, 1.82) is 0 Å². The van der Waals surface area contributed by atoms with Gasteiger partial charge in [-0.05, 0) is 49.4 Å². The molecule has 1 unspecified atom stereocenters. The lowest BCUT2D eigenvalue weighted by Gasteiger charge is -2.31. The van der Waals surface area contributed by atoms with E-state index in [1.807, 2.05) is 42.2 Å². The van der Waals surface area contributed by atoms with Gasteiger partial charge in [0.05, 0.1) is 24.3 Å².